The van der Waals surface area contributed by atoms with Crippen LogP contribution in [0.15, 0.2) is 30.5 Å². The predicted molar refractivity (Wildman–Crippen MR) is 99.6 cm³/mol. The van der Waals surface area contributed by atoms with Crippen molar-refractivity contribution in [2.45, 2.75) is 12.9 Å². The van der Waals surface area contributed by atoms with Gasteiger partial charge in [0.25, 0.3) is 11.8 Å². The van der Waals surface area contributed by atoms with Gasteiger partial charge >= 0.3 is 18.2 Å². The molecule has 0 saturated carbocycles. The molecule has 12 nitrogen and oxygen atoms in total. The summed E-state index contributed by atoms with van der Waals surface area (Å²) in [5.41, 5.74) is 4.39. The molecular formula is C17H17F3N6O6. The van der Waals surface area contributed by atoms with Gasteiger partial charge in [0, 0.05) is 30.2 Å². The molecule has 0 spiro atoms. The third kappa shape index (κ3) is 6.31. The number of alkyl halides is 3. The van der Waals surface area contributed by atoms with Gasteiger partial charge in [0.2, 0.25) is 0 Å². The summed E-state index contributed by atoms with van der Waals surface area (Å²) in [6, 6.07) is 4.29. The molecular weight excluding hydrogens is 441 g/mol. The van der Waals surface area contributed by atoms with Crippen LogP contribution in [-0.4, -0.2) is 63.8 Å². The van der Waals surface area contributed by atoms with Crippen molar-refractivity contribution in [3.63, 3.8) is 0 Å². The van der Waals surface area contributed by atoms with E-state index in [2.05, 4.69) is 20.6 Å². The molecule has 2 heterocycles. The topological polar surface area (TPSA) is 141 Å². The number of fused-ring (bicyclic) bond motifs is 1. The molecule has 1 aromatic carbocycles. The van der Waals surface area contributed by atoms with Crippen molar-refractivity contribution in [3.8, 4) is 11.8 Å². The Labute approximate surface area is 178 Å². The zero-order valence-corrected chi connectivity index (χ0v) is 16.3. The normalized spacial score (nSPS) is 14.3. The number of ether oxygens (including phenoxy) is 2. The number of nitrogens with one attached hydrogen (secondary N) is 2. The van der Waals surface area contributed by atoms with Crippen LogP contribution >= 0.6 is 0 Å². The number of aromatic nitrogens is 2. The fraction of sp³-hybridized carbons (Fsp3) is 0.353. The van der Waals surface area contributed by atoms with Gasteiger partial charge in [0.15, 0.2) is 0 Å². The quantitative estimate of drug-likeness (QED) is 0.496. The van der Waals surface area contributed by atoms with Crippen LogP contribution < -0.4 is 20.3 Å². The number of rotatable bonds is 5. The van der Waals surface area contributed by atoms with E-state index < -0.39 is 28.8 Å². The maximum Gasteiger partial charge on any atom is 0.573 e. The van der Waals surface area contributed by atoms with E-state index in [1.54, 1.807) is 4.90 Å². The van der Waals surface area contributed by atoms with Crippen LogP contribution in [-0.2, 0) is 11.3 Å². The van der Waals surface area contributed by atoms with Crippen molar-refractivity contribution in [3.05, 3.63) is 46.1 Å². The number of hydrogen-bond acceptors (Lipinski definition) is 8. The summed E-state index contributed by atoms with van der Waals surface area (Å²) in [7, 11) is 0. The number of nitro groups is 1. The van der Waals surface area contributed by atoms with Crippen LogP contribution in [0, 0.1) is 10.1 Å². The Bertz CT molecular complexity index is 994. The second kappa shape index (κ2) is 9.51. The lowest BCUT2D eigenvalue weighted by molar-refractivity contribution is -0.389. The molecule has 0 unspecified atom stereocenters. The first-order valence-electron chi connectivity index (χ1n) is 9.12. The lowest BCUT2D eigenvalue weighted by atomic mass is 10.2. The number of nitrogens with zero attached hydrogens (tertiary/aromatic N) is 4. The first kappa shape index (κ1) is 22.8. The number of hydrogen-bond donors (Lipinski definition) is 2. The number of carbonyl (C=O) groups is 2. The summed E-state index contributed by atoms with van der Waals surface area (Å²) in [4.78, 5) is 39.9. The predicted octanol–water partition coefficient (Wildman–Crippen LogP) is 0.845. The molecule has 32 heavy (non-hydrogen) atoms. The average molecular weight is 458 g/mol. The number of benzene rings is 1. The number of imidazole rings is 1. The molecule has 0 radical (unpaired) electrons. The number of amides is 2. The second-order valence-corrected chi connectivity index (χ2v) is 6.53. The number of carbonyl (C=O) groups excluding carboxylic acids is 2. The minimum absolute atomic E-state index is 0.00807. The van der Waals surface area contributed by atoms with Crippen LogP contribution in [0.2, 0.25) is 0 Å². The Morgan fingerprint density at radius 1 is 1.19 bits per heavy atom. The van der Waals surface area contributed by atoms with Gasteiger partial charge < -0.3 is 19.6 Å². The minimum atomic E-state index is -4.84. The Kier molecular flexibility index (Phi) is 6.77. The summed E-state index contributed by atoms with van der Waals surface area (Å²) in [5, 5.41) is 10.8. The van der Waals surface area contributed by atoms with Gasteiger partial charge in [-0.3, -0.25) is 29.9 Å². The number of hydrazine groups is 1. The molecule has 2 aromatic rings. The molecule has 0 saturated heterocycles. The van der Waals surface area contributed by atoms with Crippen LogP contribution in [0.3, 0.4) is 0 Å². The molecule has 1 aromatic heterocycles. The lowest BCUT2D eigenvalue weighted by Crippen LogP contribution is -2.47. The second-order valence-electron chi connectivity index (χ2n) is 6.53. The van der Waals surface area contributed by atoms with E-state index in [0.29, 0.717) is 19.6 Å². The standard InChI is InChI=1S/C17H17F3N6O6/c18-17(19,20)32-12-3-1-11(2-4-12)15(28)23-22-14(27)10-24-5-6-25-9-13(26(29)30)21-16(25)31-8-7-24/h1-4,9H,5-8,10H2,(H,22,27)(H,23,28). The van der Waals surface area contributed by atoms with Crippen LogP contribution in [0.4, 0.5) is 19.0 Å². The lowest BCUT2D eigenvalue weighted by Gasteiger charge is -2.23. The molecule has 3 rings (SSSR count). The Balaban J connectivity index is 1.47. The van der Waals surface area contributed by atoms with Gasteiger partial charge in [-0.15, -0.1) is 13.2 Å². The Morgan fingerprint density at radius 2 is 1.91 bits per heavy atom. The van der Waals surface area contributed by atoms with E-state index in [4.69, 9.17) is 4.74 Å². The fourth-order valence-corrected chi connectivity index (χ4v) is 2.78. The van der Waals surface area contributed by atoms with Gasteiger partial charge in [0.1, 0.15) is 18.6 Å². The zero-order valence-electron chi connectivity index (χ0n) is 16.3. The summed E-state index contributed by atoms with van der Waals surface area (Å²) in [5.74, 6) is -2.10. The third-order valence-electron chi connectivity index (χ3n) is 4.24. The van der Waals surface area contributed by atoms with E-state index >= 15 is 0 Å². The van der Waals surface area contributed by atoms with E-state index in [9.17, 15) is 32.9 Å². The monoisotopic (exact) mass is 458 g/mol. The minimum Gasteiger partial charge on any atom is -0.444 e. The zero-order chi connectivity index (χ0) is 23.3. The summed E-state index contributed by atoms with van der Waals surface area (Å²) in [6.07, 6.45) is -3.60. The maximum absolute atomic E-state index is 12.2. The summed E-state index contributed by atoms with van der Waals surface area (Å²) < 4.78 is 47.1. The summed E-state index contributed by atoms with van der Waals surface area (Å²) in [6.45, 7) is 1.03. The average Bonchev–Trinajstić information content (AvgIpc) is 3.10. The van der Waals surface area contributed by atoms with E-state index in [-0.39, 0.29) is 30.5 Å². The van der Waals surface area contributed by atoms with Crippen LogP contribution in [0.1, 0.15) is 10.4 Å². The van der Waals surface area contributed by atoms with Gasteiger partial charge in [-0.1, -0.05) is 0 Å². The summed E-state index contributed by atoms with van der Waals surface area (Å²) >= 11 is 0. The van der Waals surface area contributed by atoms with Crippen molar-refractivity contribution >= 4 is 17.6 Å². The van der Waals surface area contributed by atoms with Crippen molar-refractivity contribution in [1.29, 1.82) is 0 Å². The Hall–Kier alpha value is -3.88. The Morgan fingerprint density at radius 3 is 2.56 bits per heavy atom. The van der Waals surface area contributed by atoms with E-state index in [0.717, 1.165) is 24.3 Å². The SMILES string of the molecule is O=C(CN1CCOc2nc([N+](=O)[O-])cn2CC1)NNC(=O)c1ccc(OC(F)(F)F)cc1. The van der Waals surface area contributed by atoms with E-state index in [1.165, 1.54) is 10.8 Å². The largest absolute Gasteiger partial charge is 0.573 e. The maximum atomic E-state index is 12.2. The molecule has 1 aliphatic heterocycles. The highest BCUT2D eigenvalue weighted by Gasteiger charge is 2.31. The molecule has 0 aliphatic carbocycles. The first-order valence-corrected chi connectivity index (χ1v) is 9.12. The van der Waals surface area contributed by atoms with Gasteiger partial charge in [-0.2, -0.15) is 0 Å². The highest BCUT2D eigenvalue weighted by atomic mass is 19.4. The molecule has 15 heteroatoms. The number of halogens is 3. The van der Waals surface area contributed by atoms with Gasteiger partial charge in [-0.25, -0.2) is 0 Å². The first-order chi connectivity index (χ1) is 15.1. The van der Waals surface area contributed by atoms with Crippen molar-refractivity contribution < 1.29 is 37.2 Å². The molecule has 1 aliphatic rings. The molecule has 2 amide bonds. The van der Waals surface area contributed by atoms with Crippen molar-refractivity contribution in [2.24, 2.45) is 0 Å². The van der Waals surface area contributed by atoms with Crippen LogP contribution in [0.5, 0.6) is 11.8 Å². The molecule has 0 fully saturated rings. The molecule has 0 atom stereocenters. The van der Waals surface area contributed by atoms with Gasteiger partial charge in [0.05, 0.1) is 6.54 Å². The smallest absolute Gasteiger partial charge is 0.444 e. The van der Waals surface area contributed by atoms with Crippen molar-refractivity contribution in [2.75, 3.05) is 26.2 Å². The van der Waals surface area contributed by atoms with Crippen LogP contribution in [0.25, 0.3) is 0 Å². The molecule has 2 N–H and O–H groups in total. The van der Waals surface area contributed by atoms with Gasteiger partial charge in [-0.05, 0) is 29.2 Å². The molecule has 0 bridgehead atoms. The highest BCUT2D eigenvalue weighted by molar-refractivity contribution is 5.95. The van der Waals surface area contributed by atoms with Crippen molar-refractivity contribution in [1.82, 2.24) is 25.3 Å². The highest BCUT2D eigenvalue weighted by Crippen LogP contribution is 2.22. The third-order valence-corrected chi connectivity index (χ3v) is 4.24. The van der Waals surface area contributed by atoms with E-state index in [1.807, 2.05) is 0 Å². The molecule has 172 valence electrons. The fourth-order valence-electron chi connectivity index (χ4n) is 2.78.